The Hall–Kier alpha value is -3.46. The van der Waals surface area contributed by atoms with Crippen LogP contribution in [-0.4, -0.2) is 14.5 Å². The maximum absolute atomic E-state index is 4.24. The average Bonchev–Trinajstić information content (AvgIpc) is 3.01. The van der Waals surface area contributed by atoms with E-state index in [1.165, 1.54) is 32.9 Å². The summed E-state index contributed by atoms with van der Waals surface area (Å²) in [5.74, 6) is 0. The molecule has 3 heteroatoms. The fraction of sp³-hybridized carbons (Fsp3) is 0.0435. The van der Waals surface area contributed by atoms with Gasteiger partial charge < -0.3 is 4.57 Å². The van der Waals surface area contributed by atoms with Gasteiger partial charge in [0.1, 0.15) is 0 Å². The van der Waals surface area contributed by atoms with Crippen LogP contribution >= 0.6 is 0 Å². The van der Waals surface area contributed by atoms with Crippen molar-refractivity contribution >= 4 is 21.8 Å². The molecule has 2 aromatic carbocycles. The van der Waals surface area contributed by atoms with E-state index in [4.69, 9.17) is 0 Å². The molecule has 0 saturated carbocycles. The lowest BCUT2D eigenvalue weighted by Crippen LogP contribution is -1.88. The first-order chi connectivity index (χ1) is 12.8. The second-order valence-electron chi connectivity index (χ2n) is 6.51. The van der Waals surface area contributed by atoms with Gasteiger partial charge in [-0.1, -0.05) is 36.4 Å². The van der Waals surface area contributed by atoms with Crippen molar-refractivity contribution in [3.8, 4) is 22.3 Å². The van der Waals surface area contributed by atoms with Crippen molar-refractivity contribution in [2.75, 3.05) is 0 Å². The molecule has 124 valence electrons. The Labute approximate surface area is 151 Å². The van der Waals surface area contributed by atoms with Gasteiger partial charge in [0.05, 0.1) is 0 Å². The van der Waals surface area contributed by atoms with Gasteiger partial charge >= 0.3 is 0 Å². The number of aryl methyl sites for hydroxylation is 1. The molecule has 0 spiro atoms. The van der Waals surface area contributed by atoms with Crippen molar-refractivity contribution in [1.82, 2.24) is 14.5 Å². The molecule has 0 radical (unpaired) electrons. The molecule has 5 rings (SSSR count). The smallest absolute Gasteiger partial charge is 0.0494 e. The molecule has 0 saturated heterocycles. The van der Waals surface area contributed by atoms with Crippen molar-refractivity contribution < 1.29 is 0 Å². The zero-order valence-corrected chi connectivity index (χ0v) is 14.4. The Kier molecular flexibility index (Phi) is 3.32. The minimum atomic E-state index is 1.13. The van der Waals surface area contributed by atoms with E-state index in [0.29, 0.717) is 0 Å². The minimum absolute atomic E-state index is 1.13. The first-order valence-electron chi connectivity index (χ1n) is 8.64. The summed E-state index contributed by atoms with van der Waals surface area (Å²) in [6.07, 6.45) is 7.42. The Morgan fingerprint density at radius 1 is 0.615 bits per heavy atom. The summed E-state index contributed by atoms with van der Waals surface area (Å²) >= 11 is 0. The summed E-state index contributed by atoms with van der Waals surface area (Å²) in [7, 11) is 2.13. The number of rotatable bonds is 2. The maximum Gasteiger partial charge on any atom is 0.0494 e. The van der Waals surface area contributed by atoms with Crippen molar-refractivity contribution in [3.63, 3.8) is 0 Å². The van der Waals surface area contributed by atoms with E-state index in [1.54, 1.807) is 12.4 Å². The van der Waals surface area contributed by atoms with Crippen LogP contribution in [0.15, 0.2) is 85.5 Å². The first-order valence-corrected chi connectivity index (χ1v) is 8.64. The first kappa shape index (κ1) is 14.8. The Balaban J connectivity index is 1.73. The topological polar surface area (TPSA) is 30.7 Å². The van der Waals surface area contributed by atoms with Gasteiger partial charge in [-0.2, -0.15) is 0 Å². The summed E-state index contributed by atoms with van der Waals surface area (Å²) in [4.78, 5) is 8.48. The van der Waals surface area contributed by atoms with Crippen molar-refractivity contribution in [2.45, 2.75) is 0 Å². The van der Waals surface area contributed by atoms with Gasteiger partial charge in [0.25, 0.3) is 0 Å². The Bertz CT molecular complexity index is 1130. The van der Waals surface area contributed by atoms with Gasteiger partial charge in [-0.3, -0.25) is 9.97 Å². The molecule has 5 aromatic rings. The third-order valence-electron chi connectivity index (χ3n) is 5.00. The molecular weight excluding hydrogens is 318 g/mol. The molecule has 26 heavy (non-hydrogen) atoms. The molecule has 0 bridgehead atoms. The van der Waals surface area contributed by atoms with Gasteiger partial charge in [-0.05, 0) is 35.4 Å². The highest BCUT2D eigenvalue weighted by Gasteiger charge is 2.11. The van der Waals surface area contributed by atoms with Crippen LogP contribution in [0.25, 0.3) is 44.1 Å². The van der Waals surface area contributed by atoms with Gasteiger partial charge in [0.15, 0.2) is 0 Å². The molecule has 0 aliphatic carbocycles. The van der Waals surface area contributed by atoms with Crippen LogP contribution in [0, 0.1) is 0 Å². The minimum Gasteiger partial charge on any atom is -0.344 e. The van der Waals surface area contributed by atoms with Gasteiger partial charge in [-0.15, -0.1) is 0 Å². The van der Waals surface area contributed by atoms with E-state index in [1.807, 2.05) is 24.5 Å². The standard InChI is InChI=1S/C23H17N3/c1-26-22-12-16(18-4-2-10-24-14-18)6-8-20(22)21-9-7-17(13-23(21)26)19-5-3-11-25-15-19/h2-15H,1H3. The molecule has 0 atom stereocenters. The van der Waals surface area contributed by atoms with E-state index >= 15 is 0 Å². The van der Waals surface area contributed by atoms with Crippen LogP contribution in [0.4, 0.5) is 0 Å². The van der Waals surface area contributed by atoms with Crippen molar-refractivity contribution in [1.29, 1.82) is 0 Å². The molecule has 3 aromatic heterocycles. The second-order valence-corrected chi connectivity index (χ2v) is 6.51. The number of nitrogens with zero attached hydrogens (tertiary/aromatic N) is 3. The number of pyridine rings is 2. The molecule has 0 N–H and O–H groups in total. The summed E-state index contributed by atoms with van der Waals surface area (Å²) in [5.41, 5.74) is 7.09. The molecular formula is C23H17N3. The normalized spacial score (nSPS) is 11.3. The Morgan fingerprint density at radius 2 is 1.12 bits per heavy atom. The maximum atomic E-state index is 4.24. The second kappa shape index (κ2) is 5.81. The third-order valence-corrected chi connectivity index (χ3v) is 5.00. The van der Waals surface area contributed by atoms with Crippen LogP contribution in [0.3, 0.4) is 0 Å². The lowest BCUT2D eigenvalue weighted by molar-refractivity contribution is 1.01. The number of benzene rings is 2. The van der Waals surface area contributed by atoms with E-state index < -0.39 is 0 Å². The van der Waals surface area contributed by atoms with Crippen molar-refractivity contribution in [2.24, 2.45) is 7.05 Å². The summed E-state index contributed by atoms with van der Waals surface area (Å²) < 4.78 is 2.27. The monoisotopic (exact) mass is 335 g/mol. The molecule has 0 unspecified atom stereocenters. The van der Waals surface area contributed by atoms with Crippen LogP contribution in [0.1, 0.15) is 0 Å². The highest BCUT2D eigenvalue weighted by molar-refractivity contribution is 6.09. The highest BCUT2D eigenvalue weighted by Crippen LogP contribution is 2.33. The van der Waals surface area contributed by atoms with E-state index in [2.05, 4.69) is 70.1 Å². The van der Waals surface area contributed by atoms with Gasteiger partial charge in [0.2, 0.25) is 0 Å². The molecule has 0 aliphatic rings. The summed E-state index contributed by atoms with van der Waals surface area (Å²) in [5, 5.41) is 2.54. The van der Waals surface area contributed by atoms with Gasteiger partial charge in [-0.25, -0.2) is 0 Å². The van der Waals surface area contributed by atoms with Crippen LogP contribution in [0.5, 0.6) is 0 Å². The predicted molar refractivity (Wildman–Crippen MR) is 107 cm³/mol. The average molecular weight is 335 g/mol. The zero-order valence-electron chi connectivity index (χ0n) is 14.4. The summed E-state index contributed by atoms with van der Waals surface area (Å²) in [6, 6.07) is 21.4. The SMILES string of the molecule is Cn1c2cc(-c3cccnc3)ccc2c2ccc(-c3cccnc3)cc21. The van der Waals surface area contributed by atoms with Crippen LogP contribution in [-0.2, 0) is 7.05 Å². The molecule has 0 amide bonds. The number of hydrogen-bond donors (Lipinski definition) is 0. The molecule has 3 heterocycles. The Morgan fingerprint density at radius 3 is 1.54 bits per heavy atom. The lowest BCUT2D eigenvalue weighted by Gasteiger charge is -2.04. The molecule has 3 nitrogen and oxygen atoms in total. The van der Waals surface area contributed by atoms with Gasteiger partial charge in [0, 0.05) is 64.8 Å². The van der Waals surface area contributed by atoms with E-state index in [9.17, 15) is 0 Å². The molecule has 0 aliphatic heterocycles. The van der Waals surface area contributed by atoms with Crippen LogP contribution < -0.4 is 0 Å². The van der Waals surface area contributed by atoms with E-state index in [-0.39, 0.29) is 0 Å². The number of fused-ring (bicyclic) bond motifs is 3. The highest BCUT2D eigenvalue weighted by atomic mass is 14.9. The quantitative estimate of drug-likeness (QED) is 0.429. The predicted octanol–water partition coefficient (Wildman–Crippen LogP) is 5.46. The fourth-order valence-electron chi connectivity index (χ4n) is 3.63. The third kappa shape index (κ3) is 2.29. The zero-order chi connectivity index (χ0) is 17.5. The fourth-order valence-corrected chi connectivity index (χ4v) is 3.63. The number of hydrogen-bond acceptors (Lipinski definition) is 2. The molecule has 0 fully saturated rings. The van der Waals surface area contributed by atoms with Crippen molar-refractivity contribution in [3.05, 3.63) is 85.5 Å². The van der Waals surface area contributed by atoms with Crippen LogP contribution in [0.2, 0.25) is 0 Å². The lowest BCUT2D eigenvalue weighted by atomic mass is 10.0. The largest absolute Gasteiger partial charge is 0.344 e. The van der Waals surface area contributed by atoms with E-state index in [0.717, 1.165) is 11.1 Å². The summed E-state index contributed by atoms with van der Waals surface area (Å²) in [6.45, 7) is 0. The number of aromatic nitrogens is 3.